The summed E-state index contributed by atoms with van der Waals surface area (Å²) in [6, 6.07) is 0. The zero-order valence-corrected chi connectivity index (χ0v) is 12.3. The number of ether oxygens (including phenoxy) is 1. The second-order valence-electron chi connectivity index (χ2n) is 4.92. The van der Waals surface area contributed by atoms with Crippen LogP contribution < -0.4 is 0 Å². The van der Waals surface area contributed by atoms with Gasteiger partial charge in [-0.05, 0) is 11.0 Å². The number of alkyl halides is 1. The predicted molar refractivity (Wildman–Crippen MR) is 66.7 cm³/mol. The first kappa shape index (κ1) is 13.7. The van der Waals surface area contributed by atoms with Gasteiger partial charge in [-0.2, -0.15) is 0 Å². The van der Waals surface area contributed by atoms with Crippen LogP contribution in [0.3, 0.4) is 0 Å². The topological polar surface area (TPSA) is 9.23 Å². The molecule has 0 N–H and O–H groups in total. The van der Waals surface area contributed by atoms with E-state index in [-0.39, 0.29) is 0 Å². The molecule has 0 aliphatic rings. The third kappa shape index (κ3) is 5.86. The number of halogens is 1. The third-order valence-electron chi connectivity index (χ3n) is 2.70. The Balaban J connectivity index is 3.63. The van der Waals surface area contributed by atoms with Crippen molar-refractivity contribution in [2.45, 2.75) is 38.9 Å². The van der Waals surface area contributed by atoms with Crippen molar-refractivity contribution in [2.75, 3.05) is 18.5 Å². The molecule has 13 heavy (non-hydrogen) atoms. The van der Waals surface area contributed by atoms with Gasteiger partial charge in [-0.15, -0.1) is 0 Å². The van der Waals surface area contributed by atoms with Crippen LogP contribution in [0, 0.1) is 5.92 Å². The zero-order chi connectivity index (χ0) is 10.5. The first-order chi connectivity index (χ1) is 5.90. The van der Waals surface area contributed by atoms with Crippen molar-refractivity contribution in [1.82, 2.24) is 0 Å². The van der Waals surface area contributed by atoms with Gasteiger partial charge in [0, 0.05) is 27.3 Å². The van der Waals surface area contributed by atoms with Crippen molar-refractivity contribution in [3.05, 3.63) is 0 Å². The van der Waals surface area contributed by atoms with E-state index in [0.29, 0.717) is 11.0 Å². The molecule has 0 unspecified atom stereocenters. The van der Waals surface area contributed by atoms with E-state index in [1.54, 1.807) is 0 Å². The summed E-state index contributed by atoms with van der Waals surface area (Å²) in [6.07, 6.45) is 0. The first-order valence-corrected chi connectivity index (χ1v) is 9.04. The van der Waals surface area contributed by atoms with Gasteiger partial charge in [0.2, 0.25) is 0 Å². The first-order valence-electron chi connectivity index (χ1n) is 5.04. The minimum atomic E-state index is -0.588. The summed E-state index contributed by atoms with van der Waals surface area (Å²) in [7, 11) is -0.588. The molecule has 1 atom stereocenters. The van der Waals surface area contributed by atoms with Gasteiger partial charge in [-0.25, -0.2) is 0 Å². The van der Waals surface area contributed by atoms with Crippen LogP contribution in [-0.4, -0.2) is 27.3 Å². The van der Waals surface area contributed by atoms with E-state index in [1.807, 2.05) is 0 Å². The summed E-state index contributed by atoms with van der Waals surface area (Å²) in [6.45, 7) is 13.4. The summed E-state index contributed by atoms with van der Waals surface area (Å²) in [5, 5.41) is 1.47. The molecule has 0 fully saturated rings. The standard InChI is InChI=1S/C10H23BrOSi/c1-9(6-11)7-12-8-10(2,3)13(4)5/h9,13H,6-8H2,1-5H3/t9-/m1/s1. The Kier molecular flexibility index (Phi) is 6.51. The molecule has 0 saturated carbocycles. The van der Waals surface area contributed by atoms with Crippen LogP contribution in [0.4, 0.5) is 0 Å². The molecule has 0 aromatic carbocycles. The smallest absolute Gasteiger partial charge is 0.0499 e. The minimum Gasteiger partial charge on any atom is -0.381 e. The van der Waals surface area contributed by atoms with Crippen molar-refractivity contribution >= 4 is 24.7 Å². The van der Waals surface area contributed by atoms with Crippen LogP contribution in [0.15, 0.2) is 0 Å². The van der Waals surface area contributed by atoms with E-state index in [9.17, 15) is 0 Å². The Labute approximate surface area is 93.0 Å². The lowest BCUT2D eigenvalue weighted by Crippen LogP contribution is -2.27. The van der Waals surface area contributed by atoms with E-state index in [1.165, 1.54) is 0 Å². The molecule has 80 valence electrons. The lowest BCUT2D eigenvalue weighted by Gasteiger charge is -2.28. The van der Waals surface area contributed by atoms with E-state index in [0.717, 1.165) is 18.5 Å². The Hall–Kier alpha value is 0.657. The molecule has 0 aromatic rings. The molecule has 0 aliphatic heterocycles. The quantitative estimate of drug-likeness (QED) is 0.530. The fourth-order valence-corrected chi connectivity index (χ4v) is 1.37. The van der Waals surface area contributed by atoms with Crippen molar-refractivity contribution in [3.63, 3.8) is 0 Å². The lowest BCUT2D eigenvalue weighted by molar-refractivity contribution is 0.0932. The molecule has 0 bridgehead atoms. The van der Waals surface area contributed by atoms with Crippen LogP contribution >= 0.6 is 15.9 Å². The maximum Gasteiger partial charge on any atom is 0.0499 e. The van der Waals surface area contributed by atoms with Gasteiger partial charge in [-0.3, -0.25) is 0 Å². The maximum absolute atomic E-state index is 5.72. The molecule has 0 saturated heterocycles. The largest absolute Gasteiger partial charge is 0.381 e. The van der Waals surface area contributed by atoms with Crippen LogP contribution in [-0.2, 0) is 4.74 Å². The molecule has 3 heteroatoms. The van der Waals surface area contributed by atoms with Crippen molar-refractivity contribution in [2.24, 2.45) is 5.92 Å². The molecule has 0 rings (SSSR count). The van der Waals surface area contributed by atoms with Gasteiger partial charge >= 0.3 is 0 Å². The van der Waals surface area contributed by atoms with E-state index < -0.39 is 8.80 Å². The maximum atomic E-state index is 5.72. The normalized spacial score (nSPS) is 15.0. The molecule has 0 radical (unpaired) electrons. The van der Waals surface area contributed by atoms with Crippen molar-refractivity contribution < 1.29 is 4.74 Å². The van der Waals surface area contributed by atoms with E-state index in [2.05, 4.69) is 49.8 Å². The van der Waals surface area contributed by atoms with Gasteiger partial charge in [0.05, 0.1) is 0 Å². The van der Waals surface area contributed by atoms with Gasteiger partial charge in [0.1, 0.15) is 0 Å². The Bertz CT molecular complexity index is 137. The Morgan fingerprint density at radius 1 is 1.38 bits per heavy atom. The van der Waals surface area contributed by atoms with Crippen molar-refractivity contribution in [1.29, 1.82) is 0 Å². The van der Waals surface area contributed by atoms with E-state index >= 15 is 0 Å². The summed E-state index contributed by atoms with van der Waals surface area (Å²) in [5.41, 5.74) is 0. The minimum absolute atomic E-state index is 0.437. The van der Waals surface area contributed by atoms with Crippen LogP contribution in [0.2, 0.25) is 18.1 Å². The molecule has 0 heterocycles. The number of hydrogen-bond acceptors (Lipinski definition) is 1. The fraction of sp³-hybridized carbons (Fsp3) is 1.00. The lowest BCUT2D eigenvalue weighted by atomic mass is 10.2. The number of rotatable bonds is 6. The van der Waals surface area contributed by atoms with E-state index in [4.69, 9.17) is 4.74 Å². The summed E-state index contributed by atoms with van der Waals surface area (Å²) in [4.78, 5) is 0. The predicted octanol–water partition coefficient (Wildman–Crippen LogP) is 3.30. The monoisotopic (exact) mass is 266 g/mol. The zero-order valence-electron chi connectivity index (χ0n) is 9.56. The van der Waals surface area contributed by atoms with Crippen LogP contribution in [0.1, 0.15) is 20.8 Å². The molecular formula is C10H23BrOSi. The molecule has 1 nitrogen and oxygen atoms in total. The van der Waals surface area contributed by atoms with Gasteiger partial charge in [0.15, 0.2) is 0 Å². The average Bonchev–Trinajstić information content (AvgIpc) is 2.03. The molecule has 0 aromatic heterocycles. The Morgan fingerprint density at radius 2 is 1.92 bits per heavy atom. The summed E-state index contributed by atoms with van der Waals surface area (Å²) < 4.78 is 5.72. The molecule has 0 aliphatic carbocycles. The second-order valence-corrected chi connectivity index (χ2v) is 9.44. The molecule has 0 amide bonds. The van der Waals surface area contributed by atoms with Gasteiger partial charge < -0.3 is 4.74 Å². The average molecular weight is 267 g/mol. The highest BCUT2D eigenvalue weighted by Gasteiger charge is 2.23. The van der Waals surface area contributed by atoms with Gasteiger partial charge in [0.25, 0.3) is 0 Å². The Morgan fingerprint density at radius 3 is 2.31 bits per heavy atom. The third-order valence-corrected chi connectivity index (χ3v) is 7.10. The highest BCUT2D eigenvalue weighted by molar-refractivity contribution is 9.09. The second kappa shape index (κ2) is 6.20. The van der Waals surface area contributed by atoms with Crippen LogP contribution in [0.25, 0.3) is 0 Å². The summed E-state index contributed by atoms with van der Waals surface area (Å²) in [5.74, 6) is 0.629. The highest BCUT2D eigenvalue weighted by atomic mass is 79.9. The van der Waals surface area contributed by atoms with Crippen LogP contribution in [0.5, 0.6) is 0 Å². The molecular weight excluding hydrogens is 244 g/mol. The SMILES string of the molecule is C[C@H](CBr)COCC(C)(C)[SiH](C)C. The highest BCUT2D eigenvalue weighted by Crippen LogP contribution is 2.28. The molecule has 0 spiro atoms. The summed E-state index contributed by atoms with van der Waals surface area (Å²) >= 11 is 3.45. The number of hydrogen-bond donors (Lipinski definition) is 0. The van der Waals surface area contributed by atoms with Gasteiger partial charge in [-0.1, -0.05) is 49.8 Å². The fourth-order valence-electron chi connectivity index (χ4n) is 0.734. The van der Waals surface area contributed by atoms with Crippen molar-refractivity contribution in [3.8, 4) is 0 Å².